The molecule has 0 unspecified atom stereocenters. The summed E-state index contributed by atoms with van der Waals surface area (Å²) in [7, 11) is 0. The summed E-state index contributed by atoms with van der Waals surface area (Å²) in [6, 6.07) is 7.76. The van der Waals surface area contributed by atoms with Crippen molar-refractivity contribution in [2.45, 2.75) is 13.5 Å². The van der Waals surface area contributed by atoms with Crippen LogP contribution in [0.2, 0.25) is 0 Å². The second-order valence-electron chi connectivity index (χ2n) is 3.44. The molecule has 4 nitrogen and oxygen atoms in total. The summed E-state index contributed by atoms with van der Waals surface area (Å²) in [5.41, 5.74) is 0.958. The molecular weight excluding hydrogens is 256 g/mol. The number of ether oxygens (including phenoxy) is 1. The van der Waals surface area contributed by atoms with Crippen molar-refractivity contribution in [1.29, 1.82) is 5.41 Å². The lowest BCUT2D eigenvalue weighted by Crippen LogP contribution is -2.15. The minimum atomic E-state index is -0.485. The molecule has 1 N–H and O–H groups in total. The largest absolute Gasteiger partial charge is 0.410 e. The van der Waals surface area contributed by atoms with Crippen molar-refractivity contribution in [1.82, 2.24) is 4.57 Å². The topological polar surface area (TPSA) is 55.1 Å². The number of hydrogen-bond donors (Lipinski definition) is 1. The number of nitrogens with one attached hydrogen (secondary N) is 1. The molecule has 2 aromatic rings. The average Bonchev–Trinajstić information content (AvgIpc) is 2.55. The lowest BCUT2D eigenvalue weighted by Gasteiger charge is -2.05. The van der Waals surface area contributed by atoms with E-state index in [1.54, 1.807) is 4.57 Å². The fraction of sp³-hybridized carbons (Fsp3) is 0.182. The molecule has 1 aromatic carbocycles. The molecule has 0 saturated carbocycles. The number of fused-ring (bicyclic) bond motifs is 1. The van der Waals surface area contributed by atoms with E-state index in [0.717, 1.165) is 10.2 Å². The van der Waals surface area contributed by atoms with Crippen molar-refractivity contribution in [2.75, 3.05) is 0 Å². The molecule has 0 spiro atoms. The highest BCUT2D eigenvalue weighted by atomic mass is 32.1. The molecule has 0 aliphatic rings. The maximum atomic E-state index is 10.7. The normalized spacial score (nSPS) is 10.4. The van der Waals surface area contributed by atoms with Crippen LogP contribution in [0.1, 0.15) is 6.92 Å². The Labute approximate surface area is 107 Å². The Morgan fingerprint density at radius 2 is 2.24 bits per heavy atom. The average molecular weight is 266 g/mol. The van der Waals surface area contributed by atoms with E-state index in [2.05, 4.69) is 0 Å². The monoisotopic (exact) mass is 266 g/mol. The van der Waals surface area contributed by atoms with Crippen LogP contribution in [0.4, 0.5) is 0 Å². The van der Waals surface area contributed by atoms with E-state index in [1.165, 1.54) is 18.3 Å². The Morgan fingerprint density at radius 3 is 2.94 bits per heavy atom. The minimum Gasteiger partial charge on any atom is -0.410 e. The van der Waals surface area contributed by atoms with Gasteiger partial charge in [-0.25, -0.2) is 0 Å². The maximum Gasteiger partial charge on any atom is 0.309 e. The van der Waals surface area contributed by atoms with Crippen LogP contribution in [0.5, 0.6) is 0 Å². The van der Waals surface area contributed by atoms with Crippen LogP contribution in [0.15, 0.2) is 24.3 Å². The molecule has 0 radical (unpaired) electrons. The number of thiazole rings is 1. The molecular formula is C11H10N2O2S2. The molecule has 0 atom stereocenters. The number of para-hydroxylation sites is 1. The summed E-state index contributed by atoms with van der Waals surface area (Å²) in [6.45, 7) is 1.46. The Bertz CT molecular complexity index is 642. The molecule has 1 aromatic heterocycles. The summed E-state index contributed by atoms with van der Waals surface area (Å²) in [5.74, 6) is -0.585. The van der Waals surface area contributed by atoms with Crippen molar-refractivity contribution in [2.24, 2.45) is 0 Å². The molecule has 0 fully saturated rings. The number of nitrogens with zero attached hydrogens (tertiary/aromatic N) is 1. The number of carbonyl (C=O) groups excluding carboxylic acids is 1. The third-order valence-corrected chi connectivity index (χ3v) is 3.57. The van der Waals surface area contributed by atoms with Crippen molar-refractivity contribution >= 4 is 45.6 Å². The third kappa shape index (κ3) is 2.59. The van der Waals surface area contributed by atoms with E-state index >= 15 is 0 Å². The summed E-state index contributed by atoms with van der Waals surface area (Å²) in [4.78, 5) is 10.7. The molecule has 6 heteroatoms. The van der Waals surface area contributed by atoms with Gasteiger partial charge in [-0.1, -0.05) is 12.1 Å². The maximum absolute atomic E-state index is 10.7. The number of benzene rings is 1. The fourth-order valence-corrected chi connectivity index (χ4v) is 2.84. The van der Waals surface area contributed by atoms with Crippen molar-refractivity contribution in [3.05, 3.63) is 28.2 Å². The molecule has 0 aliphatic heterocycles. The number of carbonyl (C=O) groups is 1. The second-order valence-corrected chi connectivity index (χ2v) is 5.11. The molecule has 0 amide bonds. The molecule has 88 valence electrons. The van der Waals surface area contributed by atoms with Gasteiger partial charge in [0, 0.05) is 6.92 Å². The molecule has 2 rings (SSSR count). The molecule has 1 heterocycles. The van der Waals surface area contributed by atoms with Gasteiger partial charge in [0.25, 0.3) is 0 Å². The first-order chi connectivity index (χ1) is 8.08. The van der Waals surface area contributed by atoms with Crippen LogP contribution in [0.25, 0.3) is 10.2 Å². The lowest BCUT2D eigenvalue weighted by atomic mass is 10.3. The Balaban J connectivity index is 2.36. The van der Waals surface area contributed by atoms with Crippen LogP contribution < -0.4 is 0 Å². The van der Waals surface area contributed by atoms with Crippen molar-refractivity contribution in [3.63, 3.8) is 0 Å². The van der Waals surface area contributed by atoms with Gasteiger partial charge in [-0.3, -0.25) is 10.2 Å². The van der Waals surface area contributed by atoms with Gasteiger partial charge in [0.1, 0.15) is 6.54 Å². The van der Waals surface area contributed by atoms with Crippen molar-refractivity contribution < 1.29 is 9.53 Å². The van der Waals surface area contributed by atoms with E-state index in [9.17, 15) is 4.79 Å². The molecule has 0 saturated heterocycles. The third-order valence-electron chi connectivity index (χ3n) is 2.14. The van der Waals surface area contributed by atoms with Gasteiger partial charge in [0.2, 0.25) is 5.90 Å². The zero-order chi connectivity index (χ0) is 12.4. The van der Waals surface area contributed by atoms with Gasteiger partial charge < -0.3 is 9.30 Å². The Morgan fingerprint density at radius 1 is 1.53 bits per heavy atom. The highest BCUT2D eigenvalue weighted by Gasteiger charge is 2.08. The van der Waals surface area contributed by atoms with E-state index in [1.807, 2.05) is 24.3 Å². The number of hydrogen-bond acceptors (Lipinski definition) is 5. The second kappa shape index (κ2) is 4.77. The summed E-state index contributed by atoms with van der Waals surface area (Å²) >= 11 is 6.71. The highest BCUT2D eigenvalue weighted by molar-refractivity contribution is 7.73. The van der Waals surface area contributed by atoms with Gasteiger partial charge in [-0.2, -0.15) is 0 Å². The summed E-state index contributed by atoms with van der Waals surface area (Å²) in [6.07, 6.45) is 0. The Hall–Kier alpha value is -1.53. The lowest BCUT2D eigenvalue weighted by molar-refractivity contribution is -0.133. The standard InChI is InChI=1S/C11H10N2O2S2/c1-7(14)15-10(12)6-13-8-4-2-3-5-9(8)17-11(13)16/h2-5,12H,6H2,1H3. The Kier molecular flexibility index (Phi) is 3.35. The summed E-state index contributed by atoms with van der Waals surface area (Å²) < 4.78 is 8.23. The van der Waals surface area contributed by atoms with Gasteiger partial charge in [-0.15, -0.1) is 11.3 Å². The van der Waals surface area contributed by atoms with Crippen molar-refractivity contribution in [3.8, 4) is 0 Å². The smallest absolute Gasteiger partial charge is 0.309 e. The van der Waals surface area contributed by atoms with Gasteiger partial charge in [0.05, 0.1) is 10.2 Å². The SMILES string of the molecule is CC(=O)OC(=N)Cn1c(=S)sc2ccccc21. The first-order valence-electron chi connectivity index (χ1n) is 4.92. The van der Waals surface area contributed by atoms with Gasteiger partial charge in [0.15, 0.2) is 3.95 Å². The van der Waals surface area contributed by atoms with Crippen LogP contribution in [-0.4, -0.2) is 16.4 Å². The molecule has 17 heavy (non-hydrogen) atoms. The number of rotatable bonds is 2. The van der Waals surface area contributed by atoms with E-state index < -0.39 is 5.97 Å². The zero-order valence-corrected chi connectivity index (χ0v) is 10.7. The quantitative estimate of drug-likeness (QED) is 0.393. The van der Waals surface area contributed by atoms with E-state index in [4.69, 9.17) is 22.4 Å². The summed E-state index contributed by atoms with van der Waals surface area (Å²) in [5, 5.41) is 7.56. The predicted molar refractivity (Wildman–Crippen MR) is 70.1 cm³/mol. The van der Waals surface area contributed by atoms with E-state index in [0.29, 0.717) is 3.95 Å². The van der Waals surface area contributed by atoms with E-state index in [-0.39, 0.29) is 12.4 Å². The first-order valence-corrected chi connectivity index (χ1v) is 6.14. The minimum absolute atomic E-state index is 0.0999. The zero-order valence-electron chi connectivity index (χ0n) is 9.10. The number of aromatic nitrogens is 1. The fourth-order valence-electron chi connectivity index (χ4n) is 1.51. The van der Waals surface area contributed by atoms with Crippen LogP contribution >= 0.6 is 23.6 Å². The van der Waals surface area contributed by atoms with Crippen LogP contribution in [0, 0.1) is 9.36 Å². The predicted octanol–water partition coefficient (Wildman–Crippen LogP) is 2.97. The first kappa shape index (κ1) is 11.9. The van der Waals surface area contributed by atoms with Crippen LogP contribution in [-0.2, 0) is 16.1 Å². The highest BCUT2D eigenvalue weighted by Crippen LogP contribution is 2.22. The molecule has 0 bridgehead atoms. The molecule has 0 aliphatic carbocycles. The van der Waals surface area contributed by atoms with Crippen LogP contribution in [0.3, 0.4) is 0 Å². The van der Waals surface area contributed by atoms with Gasteiger partial charge >= 0.3 is 5.97 Å². The van der Waals surface area contributed by atoms with Gasteiger partial charge in [-0.05, 0) is 24.4 Å². The number of esters is 1.